The maximum Gasteiger partial charge on any atom is 0.325 e. The Morgan fingerprint density at radius 1 is 1.12 bits per heavy atom. The van der Waals surface area contributed by atoms with Gasteiger partial charge in [-0.15, -0.1) is 6.58 Å². The van der Waals surface area contributed by atoms with Gasteiger partial charge in [0, 0.05) is 24.5 Å². The first-order valence-corrected chi connectivity index (χ1v) is 13.5. The summed E-state index contributed by atoms with van der Waals surface area (Å²) in [5, 5.41) is 8.66. The average molecular weight is 550 g/mol. The zero-order valence-corrected chi connectivity index (χ0v) is 23.6. The number of hydrogen-bond acceptors (Lipinski definition) is 7. The Morgan fingerprint density at radius 3 is 2.55 bits per heavy atom. The summed E-state index contributed by atoms with van der Waals surface area (Å²) in [5.74, 6) is -1.82. The number of pyridine rings is 1. The van der Waals surface area contributed by atoms with E-state index in [9.17, 15) is 19.2 Å². The molecule has 2 heterocycles. The quantitative estimate of drug-likeness (QED) is 0.290. The molecule has 10 nitrogen and oxygen atoms in total. The highest BCUT2D eigenvalue weighted by atomic mass is 16.5. The third kappa shape index (κ3) is 7.75. The highest BCUT2D eigenvalue weighted by molar-refractivity contribution is 5.92. The fourth-order valence-electron chi connectivity index (χ4n) is 4.48. The number of esters is 1. The van der Waals surface area contributed by atoms with E-state index in [-0.39, 0.29) is 24.2 Å². The van der Waals surface area contributed by atoms with Crippen molar-refractivity contribution in [3.05, 3.63) is 61.0 Å². The lowest BCUT2D eigenvalue weighted by Gasteiger charge is -2.35. The van der Waals surface area contributed by atoms with Crippen LogP contribution < -0.4 is 16.1 Å². The lowest BCUT2D eigenvalue weighted by Crippen LogP contribution is -2.61. The molecule has 3 amide bonds. The van der Waals surface area contributed by atoms with Crippen molar-refractivity contribution in [2.45, 2.75) is 71.2 Å². The van der Waals surface area contributed by atoms with Crippen molar-refractivity contribution in [2.75, 3.05) is 6.54 Å². The number of amides is 3. The number of nitrogens with zero attached hydrogens (tertiary/aromatic N) is 2. The van der Waals surface area contributed by atoms with Crippen LogP contribution in [0.3, 0.4) is 0 Å². The summed E-state index contributed by atoms with van der Waals surface area (Å²) < 4.78 is 5.76. The Kier molecular flexibility index (Phi) is 10.6. The Balaban J connectivity index is 1.59. The van der Waals surface area contributed by atoms with Crippen LogP contribution in [-0.4, -0.2) is 58.4 Å². The number of nitrogens with one attached hydrogen (secondary N) is 3. The van der Waals surface area contributed by atoms with Crippen molar-refractivity contribution in [2.24, 2.45) is 5.92 Å². The third-order valence-electron chi connectivity index (χ3n) is 6.80. The van der Waals surface area contributed by atoms with Crippen LogP contribution in [-0.2, 0) is 23.9 Å². The molecule has 1 fully saturated rings. The van der Waals surface area contributed by atoms with E-state index in [2.05, 4.69) is 34.2 Å². The molecule has 40 heavy (non-hydrogen) atoms. The fraction of sp³-hybridized carbons (Fsp3) is 0.433. The van der Waals surface area contributed by atoms with Gasteiger partial charge < -0.3 is 15.4 Å². The van der Waals surface area contributed by atoms with Crippen LogP contribution in [0.2, 0.25) is 0 Å². The number of aromatic nitrogens is 1. The van der Waals surface area contributed by atoms with Gasteiger partial charge in [0.2, 0.25) is 11.8 Å². The Bertz CT molecular complexity index is 1280. The van der Waals surface area contributed by atoms with Gasteiger partial charge in [0.25, 0.3) is 5.91 Å². The summed E-state index contributed by atoms with van der Waals surface area (Å²) in [7, 11) is 0. The molecule has 0 bridgehead atoms. The number of rotatable bonds is 11. The van der Waals surface area contributed by atoms with E-state index < -0.39 is 36.1 Å². The van der Waals surface area contributed by atoms with Crippen LogP contribution in [0.15, 0.2) is 49.7 Å². The standard InChI is InChI=1S/C30H39N5O5/c1-7-10-26(36)33-27(18(3)4)28(37)32-19(5)29(38)35-14-9-11-25(34-35)30(39)40-20(6)21-12-13-22-17-31-24(8-2)16-23(22)15-21/h7-8,12-13,15-20,25,27,34H,1-2,9-11,14H2,3-6H3,(H,32,37)(H,33,36)/t19-,20+,25-,27?/m0/s1. The molecule has 0 aliphatic carbocycles. The van der Waals surface area contributed by atoms with Gasteiger partial charge in [0.05, 0.1) is 5.69 Å². The number of benzene rings is 1. The largest absolute Gasteiger partial charge is 0.457 e. The molecule has 0 spiro atoms. The molecule has 1 unspecified atom stereocenters. The van der Waals surface area contributed by atoms with Crippen molar-refractivity contribution in [1.29, 1.82) is 0 Å². The SMILES string of the molecule is C=CCC(=O)NC(C(=O)N[C@@H](C)C(=O)N1CCC[C@@H](C(=O)O[C@H](C)c2ccc3cnc(C=C)cc3c2)N1)C(C)C. The lowest BCUT2D eigenvalue weighted by molar-refractivity contribution is -0.157. The van der Waals surface area contributed by atoms with E-state index in [0.29, 0.717) is 19.4 Å². The van der Waals surface area contributed by atoms with Gasteiger partial charge in [-0.2, -0.15) is 0 Å². The number of carbonyl (C=O) groups is 4. The predicted molar refractivity (Wildman–Crippen MR) is 153 cm³/mol. The summed E-state index contributed by atoms with van der Waals surface area (Å²) in [4.78, 5) is 55.3. The number of hydrogen-bond donors (Lipinski definition) is 3. The zero-order chi connectivity index (χ0) is 29.4. The van der Waals surface area contributed by atoms with Crippen LogP contribution in [0.1, 0.15) is 64.3 Å². The Labute approximate surface area is 235 Å². The summed E-state index contributed by atoms with van der Waals surface area (Å²) in [6.45, 7) is 14.7. The Morgan fingerprint density at radius 2 is 1.88 bits per heavy atom. The molecule has 3 rings (SSSR count). The number of carbonyl (C=O) groups excluding carboxylic acids is 4. The second-order valence-corrected chi connectivity index (χ2v) is 10.3. The van der Waals surface area contributed by atoms with E-state index in [1.165, 1.54) is 11.1 Å². The van der Waals surface area contributed by atoms with Crippen LogP contribution in [0, 0.1) is 5.92 Å². The molecule has 0 radical (unpaired) electrons. The summed E-state index contributed by atoms with van der Waals surface area (Å²) in [6.07, 6.45) is 5.59. The minimum absolute atomic E-state index is 0.0906. The Hall–Kier alpha value is -4.05. The van der Waals surface area contributed by atoms with E-state index in [4.69, 9.17) is 4.74 Å². The minimum atomic E-state index is -0.876. The van der Waals surface area contributed by atoms with Gasteiger partial charge in [-0.05, 0) is 61.8 Å². The molecule has 1 saturated heterocycles. The molecular formula is C30H39N5O5. The molecule has 1 aliphatic rings. The number of hydrazine groups is 1. The fourth-order valence-corrected chi connectivity index (χ4v) is 4.48. The van der Waals surface area contributed by atoms with Gasteiger partial charge in [-0.1, -0.05) is 38.6 Å². The van der Waals surface area contributed by atoms with Crippen molar-refractivity contribution < 1.29 is 23.9 Å². The maximum absolute atomic E-state index is 13.1. The minimum Gasteiger partial charge on any atom is -0.457 e. The van der Waals surface area contributed by atoms with Gasteiger partial charge >= 0.3 is 5.97 Å². The summed E-state index contributed by atoms with van der Waals surface area (Å²) in [5.41, 5.74) is 4.56. The number of ether oxygens (including phenoxy) is 1. The normalized spacial score (nSPS) is 17.4. The lowest BCUT2D eigenvalue weighted by atomic mass is 10.0. The molecular weight excluding hydrogens is 510 g/mol. The van der Waals surface area contributed by atoms with Gasteiger partial charge in [-0.25, -0.2) is 5.43 Å². The molecule has 1 aromatic heterocycles. The van der Waals surface area contributed by atoms with Crippen LogP contribution >= 0.6 is 0 Å². The first-order chi connectivity index (χ1) is 19.0. The molecule has 0 saturated carbocycles. The van der Waals surface area contributed by atoms with Crippen molar-refractivity contribution in [3.8, 4) is 0 Å². The van der Waals surface area contributed by atoms with Crippen molar-refractivity contribution in [1.82, 2.24) is 26.1 Å². The molecule has 4 atom stereocenters. The molecule has 3 N–H and O–H groups in total. The molecule has 1 aromatic carbocycles. The van der Waals surface area contributed by atoms with Gasteiger partial charge in [0.1, 0.15) is 24.2 Å². The summed E-state index contributed by atoms with van der Waals surface area (Å²) in [6, 6.07) is 5.33. The van der Waals surface area contributed by atoms with Gasteiger partial charge in [0.15, 0.2) is 0 Å². The highest BCUT2D eigenvalue weighted by Gasteiger charge is 2.33. The van der Waals surface area contributed by atoms with E-state index in [0.717, 1.165) is 22.0 Å². The zero-order valence-electron chi connectivity index (χ0n) is 23.6. The second-order valence-electron chi connectivity index (χ2n) is 10.3. The first-order valence-electron chi connectivity index (χ1n) is 13.5. The summed E-state index contributed by atoms with van der Waals surface area (Å²) >= 11 is 0. The molecule has 1 aliphatic heterocycles. The van der Waals surface area contributed by atoms with E-state index >= 15 is 0 Å². The monoisotopic (exact) mass is 549 g/mol. The van der Waals surface area contributed by atoms with Crippen LogP contribution in [0.5, 0.6) is 0 Å². The molecule has 2 aromatic rings. The highest BCUT2D eigenvalue weighted by Crippen LogP contribution is 2.24. The van der Waals surface area contributed by atoms with Crippen molar-refractivity contribution >= 4 is 40.5 Å². The average Bonchev–Trinajstić information content (AvgIpc) is 2.94. The predicted octanol–water partition coefficient (Wildman–Crippen LogP) is 3.20. The van der Waals surface area contributed by atoms with E-state index in [1.54, 1.807) is 26.1 Å². The molecule has 214 valence electrons. The van der Waals surface area contributed by atoms with Gasteiger partial charge in [-0.3, -0.25) is 29.2 Å². The number of fused-ring (bicyclic) bond motifs is 1. The topological polar surface area (TPSA) is 130 Å². The van der Waals surface area contributed by atoms with Crippen LogP contribution in [0.25, 0.3) is 16.8 Å². The van der Waals surface area contributed by atoms with Crippen molar-refractivity contribution in [3.63, 3.8) is 0 Å². The second kappa shape index (κ2) is 13.8. The molecule has 10 heteroatoms. The van der Waals surface area contributed by atoms with E-state index in [1.807, 2.05) is 38.1 Å². The van der Waals surface area contributed by atoms with Crippen LogP contribution in [0.4, 0.5) is 0 Å². The first kappa shape index (κ1) is 30.5. The smallest absolute Gasteiger partial charge is 0.325 e. The maximum atomic E-state index is 13.1. The third-order valence-corrected chi connectivity index (χ3v) is 6.80.